The number of hydrazine groups is 1. The van der Waals surface area contributed by atoms with Crippen molar-refractivity contribution in [1.82, 2.24) is 3.82 Å². The van der Waals surface area contributed by atoms with Crippen LogP contribution in [0.1, 0.15) is 0 Å². The molecule has 8 heavy (non-hydrogen) atoms. The largest absolute Gasteiger partial charge is 0.241 e. The van der Waals surface area contributed by atoms with E-state index in [9.17, 15) is 16.8 Å². The highest BCUT2D eigenvalue weighted by atomic mass is 32.2. The molecule has 6 nitrogen and oxygen atoms in total. The van der Waals surface area contributed by atoms with Gasteiger partial charge >= 0.3 is 0 Å². The summed E-state index contributed by atoms with van der Waals surface area (Å²) in [5.41, 5.74) is 0. The Morgan fingerprint density at radius 3 is 1.25 bits per heavy atom. The van der Waals surface area contributed by atoms with Crippen molar-refractivity contribution >= 4 is 21.8 Å². The first-order valence-electron chi connectivity index (χ1n) is 1.39. The fourth-order valence-electron chi connectivity index (χ4n) is 0.0596. The van der Waals surface area contributed by atoms with Gasteiger partial charge in [0.25, 0.3) is 0 Å². The smallest absolute Gasteiger partial charge is 0.229 e. The van der Waals surface area contributed by atoms with Crippen molar-refractivity contribution in [3.05, 3.63) is 0 Å². The molecule has 50 valence electrons. The third-order valence-electron chi connectivity index (χ3n) is 0.335. The predicted molar refractivity (Wildman–Crippen MR) is 26.7 cm³/mol. The summed E-state index contributed by atoms with van der Waals surface area (Å²) in [5.74, 6) is 4.40. The van der Waals surface area contributed by atoms with Crippen LogP contribution in [0, 0.1) is 0 Å². The van der Waals surface area contributed by atoms with E-state index in [1.165, 1.54) is 0 Å². The number of nitrogens with two attached hydrogens (primary N) is 1. The van der Waals surface area contributed by atoms with Crippen LogP contribution in [0.5, 0.6) is 0 Å². The van der Waals surface area contributed by atoms with E-state index in [0.717, 1.165) is 0 Å². The van der Waals surface area contributed by atoms with E-state index in [1.807, 2.05) is 0 Å². The number of thiol groups is 2. The van der Waals surface area contributed by atoms with E-state index in [1.54, 1.807) is 0 Å². The molecule has 0 aromatic carbocycles. The number of nitrogens with zero attached hydrogens (tertiary/aromatic N) is 1. The van der Waals surface area contributed by atoms with Gasteiger partial charge in [0.05, 0.1) is 0 Å². The molecule has 0 bridgehead atoms. The van der Waals surface area contributed by atoms with E-state index in [-0.39, 0.29) is 3.82 Å². The molecule has 0 spiro atoms. The van der Waals surface area contributed by atoms with Gasteiger partial charge in [-0.15, -0.1) is 0 Å². The molecule has 0 unspecified atom stereocenters. The molecule has 0 aliphatic carbocycles. The minimum Gasteiger partial charge on any atom is -0.241 e. The maximum atomic E-state index is 9.59. The summed E-state index contributed by atoms with van der Waals surface area (Å²) in [6.45, 7) is 0. The van der Waals surface area contributed by atoms with Crippen molar-refractivity contribution in [2.45, 2.75) is 0 Å². The first-order valence-corrected chi connectivity index (χ1v) is 3.65. The van der Waals surface area contributed by atoms with Gasteiger partial charge in [-0.05, 0) is 3.82 Å². The highest BCUT2D eigenvalue weighted by Gasteiger charge is 1.98. The van der Waals surface area contributed by atoms with Gasteiger partial charge in [0.15, 0.2) is 0 Å². The van der Waals surface area contributed by atoms with Crippen LogP contribution in [0.15, 0.2) is 0 Å². The van der Waals surface area contributed by atoms with E-state index in [4.69, 9.17) is 0 Å². The summed E-state index contributed by atoms with van der Waals surface area (Å²) in [6.07, 6.45) is 0. The minimum atomic E-state index is -3.19. The second kappa shape index (κ2) is 2.97. The molecule has 0 aliphatic heterocycles. The summed E-state index contributed by atoms with van der Waals surface area (Å²) in [7, 11) is -6.37. The Labute approximate surface area is 49.0 Å². The normalized spacial score (nSPS) is 11.5. The Hall–Kier alpha value is -0.180. The summed E-state index contributed by atoms with van der Waals surface area (Å²) >= 11 is 0. The first kappa shape index (κ1) is 7.82. The van der Waals surface area contributed by atoms with Crippen LogP contribution >= 0.6 is 0 Å². The maximum absolute atomic E-state index is 9.59. The van der Waals surface area contributed by atoms with Gasteiger partial charge in [-0.1, -0.05) is 0 Å². The van der Waals surface area contributed by atoms with E-state index in [2.05, 4.69) is 5.84 Å². The standard InChI is InChI=1S/H4N2O4S2/c1-2(7(3)4)8(5)6/h7-8H,1H2. The molecule has 0 aliphatic rings. The number of hydrogen-bond acceptors (Lipinski definition) is 5. The molecule has 0 rings (SSSR count). The predicted octanol–water partition coefficient (Wildman–Crippen LogP) is -2.79. The van der Waals surface area contributed by atoms with Crippen LogP contribution in [-0.4, -0.2) is 20.7 Å². The summed E-state index contributed by atoms with van der Waals surface area (Å²) in [4.78, 5) is 0. The van der Waals surface area contributed by atoms with Crippen LogP contribution < -0.4 is 5.84 Å². The monoisotopic (exact) mass is 160 g/mol. The van der Waals surface area contributed by atoms with Crippen LogP contribution in [0.25, 0.3) is 0 Å². The molecule has 0 amide bonds. The zero-order chi connectivity index (χ0) is 6.73. The van der Waals surface area contributed by atoms with E-state index in [0.29, 0.717) is 0 Å². The van der Waals surface area contributed by atoms with Crippen molar-refractivity contribution in [3.8, 4) is 0 Å². The molecular weight excluding hydrogens is 156 g/mol. The summed E-state index contributed by atoms with van der Waals surface area (Å²) in [5, 5.41) is 0. The second-order valence-corrected chi connectivity index (χ2v) is 2.92. The van der Waals surface area contributed by atoms with Crippen molar-refractivity contribution in [2.24, 2.45) is 5.84 Å². The van der Waals surface area contributed by atoms with Gasteiger partial charge in [0.2, 0.25) is 21.8 Å². The molecule has 8 heteroatoms. The maximum Gasteiger partial charge on any atom is 0.229 e. The Kier molecular flexibility index (Phi) is 2.90. The third kappa shape index (κ3) is 2.21. The molecule has 0 saturated heterocycles. The third-order valence-corrected chi connectivity index (χ3v) is 1.88. The molecule has 0 radical (unpaired) electrons. The van der Waals surface area contributed by atoms with E-state index < -0.39 is 21.8 Å². The van der Waals surface area contributed by atoms with Gasteiger partial charge in [-0.25, -0.2) is 22.7 Å². The molecule has 0 atom stereocenters. The van der Waals surface area contributed by atoms with Gasteiger partial charge < -0.3 is 0 Å². The topological polar surface area (TPSA) is 97.5 Å². The molecule has 2 N–H and O–H groups in total. The Balaban J connectivity index is 4.27. The average molecular weight is 160 g/mol. The summed E-state index contributed by atoms with van der Waals surface area (Å²) in [6, 6.07) is 0. The number of hydrogen-bond donors (Lipinski definition) is 3. The van der Waals surface area contributed by atoms with Gasteiger partial charge in [0, 0.05) is 0 Å². The molecular formula is H4N2O4S2. The fourth-order valence-corrected chi connectivity index (χ4v) is 0.537. The second-order valence-electron chi connectivity index (χ2n) is 0.796. The van der Waals surface area contributed by atoms with Crippen LogP contribution in [0.4, 0.5) is 0 Å². The zero-order valence-electron chi connectivity index (χ0n) is 3.55. The lowest BCUT2D eigenvalue weighted by Crippen LogP contribution is -2.27. The minimum absolute atomic E-state index is 0.259. The van der Waals surface area contributed by atoms with Gasteiger partial charge in [-0.2, -0.15) is 0 Å². The Bertz CT molecular complexity index is 162. The van der Waals surface area contributed by atoms with Crippen molar-refractivity contribution in [1.29, 1.82) is 0 Å². The van der Waals surface area contributed by atoms with Crippen LogP contribution in [0.2, 0.25) is 0 Å². The highest BCUT2D eigenvalue weighted by Crippen LogP contribution is 1.70. The van der Waals surface area contributed by atoms with Gasteiger partial charge in [-0.3, -0.25) is 0 Å². The lowest BCUT2D eigenvalue weighted by molar-refractivity contribution is 0.535. The van der Waals surface area contributed by atoms with Crippen LogP contribution in [0.3, 0.4) is 0 Å². The van der Waals surface area contributed by atoms with Gasteiger partial charge in [0.1, 0.15) is 0 Å². The Morgan fingerprint density at radius 1 is 1.00 bits per heavy atom. The molecule has 0 saturated carbocycles. The lowest BCUT2D eigenvalue weighted by Gasteiger charge is -1.91. The van der Waals surface area contributed by atoms with Crippen molar-refractivity contribution < 1.29 is 16.8 Å². The SMILES string of the molecule is NN([SH](=O)=O)[SH](=O)=O. The number of rotatable bonds is 2. The fraction of sp³-hybridized carbons (Fsp3) is 0. The Morgan fingerprint density at radius 2 is 1.25 bits per heavy atom. The van der Waals surface area contributed by atoms with Crippen LogP contribution in [-0.2, 0) is 21.8 Å². The zero-order valence-corrected chi connectivity index (χ0v) is 5.34. The van der Waals surface area contributed by atoms with Crippen molar-refractivity contribution in [2.75, 3.05) is 0 Å². The molecule has 0 aromatic heterocycles. The summed E-state index contributed by atoms with van der Waals surface area (Å²) < 4.78 is 38.1. The molecule has 0 fully saturated rings. The average Bonchev–Trinajstić information content (AvgIpc) is 1.64. The quantitative estimate of drug-likeness (QED) is 0.230. The van der Waals surface area contributed by atoms with E-state index >= 15 is 0 Å². The molecule has 0 aromatic rings. The lowest BCUT2D eigenvalue weighted by atomic mass is 13.0. The molecule has 0 heterocycles. The first-order chi connectivity index (χ1) is 3.55. The van der Waals surface area contributed by atoms with Crippen molar-refractivity contribution in [3.63, 3.8) is 0 Å². The highest BCUT2D eigenvalue weighted by molar-refractivity contribution is 7.85.